The van der Waals surface area contributed by atoms with Gasteiger partial charge in [-0.25, -0.2) is 14.6 Å². The van der Waals surface area contributed by atoms with E-state index in [1.54, 1.807) is 0 Å². The number of thiazole rings is 1. The Bertz CT molecular complexity index is 1440. The van der Waals surface area contributed by atoms with Crippen molar-refractivity contribution < 1.29 is 62.5 Å². The number of allylic oxidation sites excluding steroid dienone is 1. The Hall–Kier alpha value is -4.66. The summed E-state index contributed by atoms with van der Waals surface area (Å²) in [7, 11) is 0. The van der Waals surface area contributed by atoms with Crippen molar-refractivity contribution in [3.63, 3.8) is 0 Å². The van der Waals surface area contributed by atoms with E-state index in [4.69, 9.17) is 20.7 Å². The topological polar surface area (TPSA) is 253 Å². The number of nitrogens with one attached hydrogen (secondary N) is 1. The molecule has 0 saturated carbocycles. The van der Waals surface area contributed by atoms with Crippen molar-refractivity contribution in [3.8, 4) is 0 Å². The van der Waals surface area contributed by atoms with Gasteiger partial charge in [-0.15, -0.1) is 23.1 Å². The summed E-state index contributed by atoms with van der Waals surface area (Å²) in [5.41, 5.74) is 5.27. The van der Waals surface area contributed by atoms with E-state index in [1.165, 1.54) is 23.2 Å². The molecule has 0 aliphatic carbocycles. The second kappa shape index (κ2) is 12.5. The number of amides is 3. The number of nitrogens with two attached hydrogens (primary N) is 1. The Morgan fingerprint density at radius 3 is 2.36 bits per heavy atom. The van der Waals surface area contributed by atoms with E-state index in [9.17, 15) is 47.5 Å². The average molecular weight is 637 g/mol. The molecule has 226 valence electrons. The van der Waals surface area contributed by atoms with Gasteiger partial charge in [-0.1, -0.05) is 5.16 Å². The number of carboxylic acid groups (broad SMARTS) is 3. The number of oxime groups is 1. The first-order chi connectivity index (χ1) is 19.6. The molecule has 2 fully saturated rings. The lowest BCUT2D eigenvalue weighted by Gasteiger charge is -2.49. The highest BCUT2D eigenvalue weighted by Gasteiger charge is 2.54. The average Bonchev–Trinajstić information content (AvgIpc) is 3.47. The fraction of sp³-hybridized carbons (Fsp3) is 0.333. The van der Waals surface area contributed by atoms with Gasteiger partial charge in [0.05, 0.1) is 0 Å². The van der Waals surface area contributed by atoms with Gasteiger partial charge < -0.3 is 36.5 Å². The molecule has 16 nitrogen and oxygen atoms in total. The van der Waals surface area contributed by atoms with Crippen LogP contribution in [0.1, 0.15) is 12.1 Å². The molecule has 1 aromatic rings. The third kappa shape index (κ3) is 6.79. The summed E-state index contributed by atoms with van der Waals surface area (Å²) in [6.45, 7) is -0.269. The van der Waals surface area contributed by atoms with E-state index in [1.807, 2.05) is 0 Å². The molecule has 21 heteroatoms. The number of likely N-dealkylation sites (tertiary alicyclic amines) is 1. The molecule has 3 aliphatic heterocycles. The highest BCUT2D eigenvalue weighted by Crippen LogP contribution is 2.41. The van der Waals surface area contributed by atoms with Crippen molar-refractivity contribution in [1.29, 1.82) is 0 Å². The molecule has 3 aliphatic rings. The Labute approximate surface area is 239 Å². The fourth-order valence-electron chi connectivity index (χ4n) is 3.90. The van der Waals surface area contributed by atoms with Crippen LogP contribution in [0.5, 0.6) is 0 Å². The largest absolute Gasteiger partial charge is 0.490 e. The maximum absolute atomic E-state index is 12.8. The number of rotatable bonds is 7. The summed E-state index contributed by atoms with van der Waals surface area (Å²) in [6.07, 6.45) is -3.45. The quantitative estimate of drug-likeness (QED) is 0.0728. The molecule has 2 atom stereocenters. The molecule has 4 rings (SSSR count). The van der Waals surface area contributed by atoms with Gasteiger partial charge in [0.1, 0.15) is 29.4 Å². The number of hydrogen-bond acceptors (Lipinski definition) is 12. The van der Waals surface area contributed by atoms with E-state index >= 15 is 0 Å². The van der Waals surface area contributed by atoms with E-state index in [-0.39, 0.29) is 46.4 Å². The second-order valence-electron chi connectivity index (χ2n) is 8.40. The van der Waals surface area contributed by atoms with Crippen molar-refractivity contribution in [3.05, 3.63) is 34.0 Å². The minimum absolute atomic E-state index is 0.0191. The van der Waals surface area contributed by atoms with Gasteiger partial charge >= 0.3 is 24.1 Å². The second-order valence-corrected chi connectivity index (χ2v) is 10.4. The molecule has 7 N–H and O–H groups in total. The first-order valence-corrected chi connectivity index (χ1v) is 13.2. The first-order valence-electron chi connectivity index (χ1n) is 11.2. The molecule has 2 saturated heterocycles. The standard InChI is InChI=1S/C19H18N6O8S2.C2HF3O2/c20-19-21-9(6-35-19)11(23-33)14(28)22-12-16(30)25-13(18(31)32)8(5-34-17(12)25)3-7-1-2-24(15(7)29)4-10(26)27;3-2(4,5)1(6)7/h3,6,12,17,33H,1-2,4-5H2,(H2,20,21)(H,22,28)(H,26,27)(H,31,32);(H,6,7)/t12-,17-;/m1./s1. The molecular weight excluding hydrogens is 617 g/mol. The van der Waals surface area contributed by atoms with Gasteiger partial charge in [0, 0.05) is 23.3 Å². The summed E-state index contributed by atoms with van der Waals surface area (Å²) < 4.78 is 31.7. The number of β-lactam (4-membered cyclic amide) rings is 1. The molecular formula is C21H19F3N6O10S2. The minimum atomic E-state index is -5.08. The van der Waals surface area contributed by atoms with Crippen LogP contribution in [0, 0.1) is 0 Å². The molecule has 1 aromatic heterocycles. The van der Waals surface area contributed by atoms with Crippen LogP contribution in [0.3, 0.4) is 0 Å². The smallest absolute Gasteiger partial charge is 0.480 e. The van der Waals surface area contributed by atoms with Crippen LogP contribution < -0.4 is 11.1 Å². The van der Waals surface area contributed by atoms with Gasteiger partial charge in [0.15, 0.2) is 10.8 Å². The number of carboxylic acids is 3. The van der Waals surface area contributed by atoms with Crippen LogP contribution in [0.2, 0.25) is 0 Å². The van der Waals surface area contributed by atoms with Crippen LogP contribution in [0.25, 0.3) is 0 Å². The number of nitrogen functional groups attached to an aromatic ring is 1. The predicted molar refractivity (Wildman–Crippen MR) is 135 cm³/mol. The van der Waals surface area contributed by atoms with Crippen LogP contribution in [-0.4, -0.2) is 113 Å². The zero-order valence-electron chi connectivity index (χ0n) is 20.7. The van der Waals surface area contributed by atoms with E-state index in [0.29, 0.717) is 0 Å². The van der Waals surface area contributed by atoms with Gasteiger partial charge in [0.25, 0.3) is 11.8 Å². The number of thioether (sulfide) groups is 1. The first kappa shape index (κ1) is 31.9. The number of aliphatic carboxylic acids is 3. The van der Waals surface area contributed by atoms with Crippen molar-refractivity contribution >= 4 is 69.6 Å². The lowest BCUT2D eigenvalue weighted by molar-refractivity contribution is -0.192. The van der Waals surface area contributed by atoms with E-state index < -0.39 is 65.5 Å². The number of fused-ring (bicyclic) bond motifs is 1. The number of alkyl halides is 3. The summed E-state index contributed by atoms with van der Waals surface area (Å²) in [5, 5.41) is 41.2. The van der Waals surface area contributed by atoms with Gasteiger partial charge in [-0.2, -0.15) is 13.2 Å². The fourth-order valence-corrected chi connectivity index (χ4v) is 5.75. The van der Waals surface area contributed by atoms with Crippen LogP contribution in [0.15, 0.2) is 33.5 Å². The monoisotopic (exact) mass is 636 g/mol. The van der Waals surface area contributed by atoms with Crippen molar-refractivity contribution in [2.75, 3.05) is 24.6 Å². The Morgan fingerprint density at radius 2 is 1.86 bits per heavy atom. The molecule has 0 spiro atoms. The number of nitrogens with zero attached hydrogens (tertiary/aromatic N) is 4. The number of carbonyl (C=O) groups is 6. The van der Waals surface area contributed by atoms with Crippen LogP contribution in [0.4, 0.5) is 18.3 Å². The highest BCUT2D eigenvalue weighted by atomic mass is 32.2. The molecule has 42 heavy (non-hydrogen) atoms. The molecule has 0 aromatic carbocycles. The Morgan fingerprint density at radius 1 is 1.21 bits per heavy atom. The molecule has 3 amide bonds. The van der Waals surface area contributed by atoms with Gasteiger partial charge in [-0.3, -0.25) is 24.1 Å². The SMILES string of the molecule is Nc1nc(C(=NO)C(=O)N[C@@H]2C(=O)N3C(C(=O)O)=C(C=C4CCN(CC(=O)O)C4=O)CS[C@H]23)cs1.O=C(O)C(F)(F)F. The maximum atomic E-state index is 12.8. The van der Waals surface area contributed by atoms with Crippen LogP contribution >= 0.6 is 23.1 Å². The molecule has 0 unspecified atom stereocenters. The Kier molecular flexibility index (Phi) is 9.46. The predicted octanol–water partition coefficient (Wildman–Crippen LogP) is -0.481. The Balaban J connectivity index is 0.000000616. The van der Waals surface area contributed by atoms with Gasteiger partial charge in [-0.05, 0) is 18.1 Å². The van der Waals surface area contributed by atoms with E-state index in [0.717, 1.165) is 21.1 Å². The van der Waals surface area contributed by atoms with Crippen LogP contribution in [-0.2, 0) is 28.8 Å². The highest BCUT2D eigenvalue weighted by molar-refractivity contribution is 8.00. The minimum Gasteiger partial charge on any atom is -0.480 e. The third-order valence-corrected chi connectivity index (χ3v) is 7.67. The zero-order chi connectivity index (χ0) is 31.5. The maximum Gasteiger partial charge on any atom is 0.490 e. The number of carbonyl (C=O) groups excluding carboxylic acids is 3. The van der Waals surface area contributed by atoms with Gasteiger partial charge in [0.2, 0.25) is 5.91 Å². The molecule has 0 radical (unpaired) electrons. The van der Waals surface area contributed by atoms with Crippen molar-refractivity contribution in [1.82, 2.24) is 20.1 Å². The summed E-state index contributed by atoms with van der Waals surface area (Å²) in [4.78, 5) is 75.7. The summed E-state index contributed by atoms with van der Waals surface area (Å²) >= 11 is 2.21. The number of anilines is 1. The summed E-state index contributed by atoms with van der Waals surface area (Å²) in [5.74, 6) is -7.26. The lowest BCUT2D eigenvalue weighted by Crippen LogP contribution is -2.71. The number of hydrogen-bond donors (Lipinski definition) is 6. The third-order valence-electron chi connectivity index (χ3n) is 5.70. The molecule has 4 heterocycles. The lowest BCUT2D eigenvalue weighted by atomic mass is 10.0. The number of aromatic nitrogens is 1. The van der Waals surface area contributed by atoms with E-state index in [2.05, 4.69) is 15.5 Å². The number of halogens is 3. The summed E-state index contributed by atoms with van der Waals surface area (Å²) in [6, 6.07) is -1.08. The zero-order valence-corrected chi connectivity index (χ0v) is 22.3. The normalized spacial score (nSPS) is 21.4. The van der Waals surface area contributed by atoms with Crippen molar-refractivity contribution in [2.45, 2.75) is 24.0 Å². The van der Waals surface area contributed by atoms with Crippen molar-refractivity contribution in [2.24, 2.45) is 5.16 Å². The molecule has 0 bridgehead atoms.